The summed E-state index contributed by atoms with van der Waals surface area (Å²) in [6.07, 6.45) is 4.54. The highest BCUT2D eigenvalue weighted by Gasteiger charge is 1.90. The van der Waals surface area contributed by atoms with Gasteiger partial charge in [0, 0.05) is 0 Å². The summed E-state index contributed by atoms with van der Waals surface area (Å²) < 4.78 is 0. The van der Waals surface area contributed by atoms with Gasteiger partial charge in [0.1, 0.15) is 0 Å². The van der Waals surface area contributed by atoms with Gasteiger partial charge in [0.2, 0.25) is 0 Å². The molecule has 0 unspecified atom stereocenters. The molecular weight excluding hydrogens is 100 g/mol. The van der Waals surface area contributed by atoms with Crippen LogP contribution in [0.4, 0.5) is 0 Å². The molecule has 0 amide bonds. The molecule has 0 bridgehead atoms. The van der Waals surface area contributed by atoms with Crippen molar-refractivity contribution in [1.82, 2.24) is 0 Å². The average Bonchev–Trinajstić information content (AvgIpc) is 1.66. The molecule has 2 heteroatoms. The van der Waals surface area contributed by atoms with Crippen molar-refractivity contribution in [1.29, 1.82) is 0 Å². The highest BCUT2D eigenvalue weighted by atomic mass is 14.8. The first-order valence-corrected chi connectivity index (χ1v) is 3.28. The number of hydrogen-bond acceptors (Lipinski definition) is 2. The first kappa shape index (κ1) is 7.92. The Labute approximate surface area is 51.2 Å². The summed E-state index contributed by atoms with van der Waals surface area (Å²) >= 11 is 0. The minimum absolute atomic E-state index is 0.0958. The van der Waals surface area contributed by atoms with Crippen LogP contribution in [0.15, 0.2) is 0 Å². The van der Waals surface area contributed by atoms with Gasteiger partial charge in [0.05, 0.1) is 6.17 Å². The van der Waals surface area contributed by atoms with Crippen LogP contribution in [-0.2, 0) is 0 Å². The normalized spacial score (nSPS) is 10.5. The Morgan fingerprint density at radius 3 is 2.25 bits per heavy atom. The van der Waals surface area contributed by atoms with Gasteiger partial charge >= 0.3 is 0 Å². The van der Waals surface area contributed by atoms with Gasteiger partial charge in [-0.15, -0.1) is 0 Å². The molecule has 0 aromatic rings. The van der Waals surface area contributed by atoms with E-state index in [9.17, 15) is 0 Å². The highest BCUT2D eigenvalue weighted by Crippen LogP contribution is 1.97. The van der Waals surface area contributed by atoms with Gasteiger partial charge in [-0.25, -0.2) is 0 Å². The lowest BCUT2D eigenvalue weighted by Crippen LogP contribution is -2.29. The van der Waals surface area contributed by atoms with Crippen LogP contribution in [0.5, 0.6) is 0 Å². The lowest BCUT2D eigenvalue weighted by molar-refractivity contribution is 0.575. The van der Waals surface area contributed by atoms with Gasteiger partial charge in [0.15, 0.2) is 0 Å². The molecule has 4 N–H and O–H groups in total. The molecule has 0 heterocycles. The molecule has 0 saturated carbocycles. The average molecular weight is 116 g/mol. The third kappa shape index (κ3) is 5.92. The summed E-state index contributed by atoms with van der Waals surface area (Å²) in [7, 11) is 0. The molecule has 0 fully saturated rings. The number of unbranched alkanes of at least 4 members (excludes halogenated alkanes) is 2. The van der Waals surface area contributed by atoms with E-state index in [1.807, 2.05) is 0 Å². The quantitative estimate of drug-likeness (QED) is 0.422. The largest absolute Gasteiger partial charge is 0.316 e. The van der Waals surface area contributed by atoms with E-state index in [2.05, 4.69) is 6.92 Å². The van der Waals surface area contributed by atoms with Gasteiger partial charge in [0.25, 0.3) is 0 Å². The molecule has 0 spiro atoms. The fourth-order valence-electron chi connectivity index (χ4n) is 0.630. The summed E-state index contributed by atoms with van der Waals surface area (Å²) in [5.74, 6) is 0. The predicted octanol–water partition coefficient (Wildman–Crippen LogP) is 0.810. The Morgan fingerprint density at radius 2 is 1.88 bits per heavy atom. The van der Waals surface area contributed by atoms with Crippen molar-refractivity contribution < 1.29 is 0 Å². The minimum atomic E-state index is -0.0958. The minimum Gasteiger partial charge on any atom is -0.316 e. The standard InChI is InChI=1S/C6H16N2/c1-2-3-4-5-6(7)8/h6H,2-5,7-8H2,1H3. The molecule has 0 atom stereocenters. The molecule has 0 aromatic carbocycles. The zero-order valence-corrected chi connectivity index (χ0v) is 5.56. The Morgan fingerprint density at radius 1 is 1.25 bits per heavy atom. The zero-order chi connectivity index (χ0) is 6.41. The lowest BCUT2D eigenvalue weighted by Gasteiger charge is -2.01. The zero-order valence-electron chi connectivity index (χ0n) is 5.56. The number of hydrogen-bond donors (Lipinski definition) is 2. The molecule has 0 saturated heterocycles. The molecule has 0 aromatic heterocycles. The third-order valence-corrected chi connectivity index (χ3v) is 1.14. The van der Waals surface area contributed by atoms with Crippen LogP contribution in [0, 0.1) is 0 Å². The van der Waals surface area contributed by atoms with Crippen LogP contribution in [0.25, 0.3) is 0 Å². The van der Waals surface area contributed by atoms with Crippen molar-refractivity contribution in [2.24, 2.45) is 11.5 Å². The maximum Gasteiger partial charge on any atom is 0.0520 e. The first-order chi connectivity index (χ1) is 3.77. The second kappa shape index (κ2) is 5.06. The number of rotatable bonds is 4. The molecule has 0 aliphatic heterocycles. The summed E-state index contributed by atoms with van der Waals surface area (Å²) in [5, 5.41) is 0. The van der Waals surface area contributed by atoms with Crippen LogP contribution in [-0.4, -0.2) is 6.17 Å². The second-order valence-electron chi connectivity index (χ2n) is 2.16. The topological polar surface area (TPSA) is 52.0 Å². The van der Waals surface area contributed by atoms with Crippen molar-refractivity contribution in [3.8, 4) is 0 Å². The molecule has 0 radical (unpaired) electrons. The summed E-state index contributed by atoms with van der Waals surface area (Å²) in [5.41, 5.74) is 10.6. The van der Waals surface area contributed by atoms with E-state index in [0.717, 1.165) is 6.42 Å². The van der Waals surface area contributed by atoms with Crippen molar-refractivity contribution in [2.75, 3.05) is 0 Å². The Hall–Kier alpha value is -0.0800. The van der Waals surface area contributed by atoms with E-state index >= 15 is 0 Å². The molecule has 2 nitrogen and oxygen atoms in total. The van der Waals surface area contributed by atoms with E-state index < -0.39 is 0 Å². The first-order valence-electron chi connectivity index (χ1n) is 3.28. The fraction of sp³-hybridized carbons (Fsp3) is 1.00. The summed E-state index contributed by atoms with van der Waals surface area (Å²) in [6.45, 7) is 2.17. The smallest absolute Gasteiger partial charge is 0.0520 e. The van der Waals surface area contributed by atoms with Gasteiger partial charge in [-0.2, -0.15) is 0 Å². The Balaban J connectivity index is 2.72. The Kier molecular flexibility index (Phi) is 5.01. The molecule has 0 aliphatic carbocycles. The molecule has 0 rings (SSSR count). The van der Waals surface area contributed by atoms with Crippen molar-refractivity contribution in [3.63, 3.8) is 0 Å². The fourth-order valence-corrected chi connectivity index (χ4v) is 0.630. The van der Waals surface area contributed by atoms with E-state index in [1.165, 1.54) is 19.3 Å². The highest BCUT2D eigenvalue weighted by molar-refractivity contribution is 4.49. The molecular formula is C6H16N2. The Bertz CT molecular complexity index is 43.8. The van der Waals surface area contributed by atoms with Crippen molar-refractivity contribution in [2.45, 2.75) is 38.8 Å². The van der Waals surface area contributed by atoms with Crippen molar-refractivity contribution in [3.05, 3.63) is 0 Å². The molecule has 0 aliphatic rings. The van der Waals surface area contributed by atoms with E-state index in [1.54, 1.807) is 0 Å². The molecule has 8 heavy (non-hydrogen) atoms. The summed E-state index contributed by atoms with van der Waals surface area (Å²) in [4.78, 5) is 0. The van der Waals surface area contributed by atoms with Crippen LogP contribution in [0.1, 0.15) is 32.6 Å². The third-order valence-electron chi connectivity index (χ3n) is 1.14. The van der Waals surface area contributed by atoms with Gasteiger partial charge < -0.3 is 11.5 Å². The van der Waals surface area contributed by atoms with Gasteiger partial charge in [-0.3, -0.25) is 0 Å². The van der Waals surface area contributed by atoms with E-state index in [-0.39, 0.29) is 6.17 Å². The summed E-state index contributed by atoms with van der Waals surface area (Å²) in [6, 6.07) is 0. The maximum atomic E-state index is 5.31. The van der Waals surface area contributed by atoms with E-state index in [4.69, 9.17) is 11.5 Å². The van der Waals surface area contributed by atoms with Crippen molar-refractivity contribution >= 4 is 0 Å². The van der Waals surface area contributed by atoms with Gasteiger partial charge in [-0.05, 0) is 6.42 Å². The molecule has 50 valence electrons. The monoisotopic (exact) mass is 116 g/mol. The van der Waals surface area contributed by atoms with E-state index in [0.29, 0.717) is 0 Å². The van der Waals surface area contributed by atoms with Crippen LogP contribution >= 0.6 is 0 Å². The van der Waals surface area contributed by atoms with Crippen LogP contribution in [0.2, 0.25) is 0 Å². The van der Waals surface area contributed by atoms with Gasteiger partial charge in [-0.1, -0.05) is 26.2 Å². The maximum absolute atomic E-state index is 5.31. The number of nitrogens with two attached hydrogens (primary N) is 2. The second-order valence-corrected chi connectivity index (χ2v) is 2.16. The van der Waals surface area contributed by atoms with Crippen LogP contribution < -0.4 is 11.5 Å². The lowest BCUT2D eigenvalue weighted by atomic mass is 10.2. The SMILES string of the molecule is CCCCCC(N)N. The van der Waals surface area contributed by atoms with Crippen LogP contribution in [0.3, 0.4) is 0 Å². The predicted molar refractivity (Wildman–Crippen MR) is 36.3 cm³/mol.